The summed E-state index contributed by atoms with van der Waals surface area (Å²) in [7, 11) is 0. The van der Waals surface area contributed by atoms with Gasteiger partial charge in [0, 0.05) is 11.3 Å². The van der Waals surface area contributed by atoms with E-state index in [1.54, 1.807) is 19.1 Å². The number of anilines is 2. The lowest BCUT2D eigenvalue weighted by Crippen LogP contribution is -2.10. The Hall–Kier alpha value is -1.95. The van der Waals surface area contributed by atoms with Gasteiger partial charge in [0.1, 0.15) is 5.82 Å². The molecule has 5 nitrogen and oxygen atoms in total. The first-order valence-corrected chi connectivity index (χ1v) is 6.44. The third-order valence-electron chi connectivity index (χ3n) is 2.44. The molecule has 7 heteroatoms. The van der Waals surface area contributed by atoms with Crippen molar-refractivity contribution in [2.45, 2.75) is 26.9 Å². The Labute approximate surface area is 121 Å². The van der Waals surface area contributed by atoms with Crippen molar-refractivity contribution in [3.63, 3.8) is 0 Å². The number of ether oxygens (including phenoxy) is 1. The molecule has 0 saturated heterocycles. The van der Waals surface area contributed by atoms with Gasteiger partial charge in [-0.15, -0.1) is 0 Å². The highest BCUT2D eigenvalue weighted by Gasteiger charge is 2.10. The van der Waals surface area contributed by atoms with Crippen LogP contribution in [-0.2, 0) is 0 Å². The Morgan fingerprint density at radius 1 is 1.25 bits per heavy atom. The summed E-state index contributed by atoms with van der Waals surface area (Å²) < 4.78 is 18.8. The van der Waals surface area contributed by atoms with Crippen molar-refractivity contribution >= 4 is 23.2 Å². The van der Waals surface area contributed by atoms with Gasteiger partial charge in [0.05, 0.1) is 6.10 Å². The minimum atomic E-state index is -0.311. The van der Waals surface area contributed by atoms with Crippen LogP contribution >= 0.6 is 11.6 Å². The molecule has 2 aromatic rings. The first-order valence-electron chi connectivity index (χ1n) is 6.06. The number of rotatable bonds is 4. The molecule has 0 fully saturated rings. The van der Waals surface area contributed by atoms with E-state index >= 15 is 0 Å². The number of aromatic nitrogens is 3. The monoisotopic (exact) mass is 296 g/mol. The van der Waals surface area contributed by atoms with E-state index in [0.29, 0.717) is 11.3 Å². The lowest BCUT2D eigenvalue weighted by molar-refractivity contribution is 0.222. The zero-order valence-electron chi connectivity index (χ0n) is 11.3. The molecule has 1 aromatic carbocycles. The fraction of sp³-hybridized carbons (Fsp3) is 0.308. The highest BCUT2D eigenvalue weighted by atomic mass is 35.5. The second-order valence-electron chi connectivity index (χ2n) is 4.41. The molecule has 1 heterocycles. The molecule has 0 spiro atoms. The molecular formula is C13H14ClFN4O. The number of halogens is 2. The van der Waals surface area contributed by atoms with Gasteiger partial charge in [-0.05, 0) is 44.5 Å². The van der Waals surface area contributed by atoms with Gasteiger partial charge in [0.2, 0.25) is 11.2 Å². The van der Waals surface area contributed by atoms with Crippen molar-refractivity contribution in [3.05, 3.63) is 34.9 Å². The fourth-order valence-corrected chi connectivity index (χ4v) is 1.67. The number of nitrogens with one attached hydrogen (secondary N) is 1. The molecule has 106 valence electrons. The quantitative estimate of drug-likeness (QED) is 0.935. The van der Waals surface area contributed by atoms with Crippen molar-refractivity contribution in [2.75, 3.05) is 5.32 Å². The first kappa shape index (κ1) is 14.5. The average molecular weight is 297 g/mol. The molecule has 0 aliphatic heterocycles. The normalized spacial score (nSPS) is 10.7. The van der Waals surface area contributed by atoms with Crippen LogP contribution in [0.3, 0.4) is 0 Å². The summed E-state index contributed by atoms with van der Waals surface area (Å²) in [5, 5.41) is 2.91. The summed E-state index contributed by atoms with van der Waals surface area (Å²) in [6.45, 7) is 5.36. The van der Waals surface area contributed by atoms with Gasteiger partial charge in [-0.1, -0.05) is 6.07 Å². The summed E-state index contributed by atoms with van der Waals surface area (Å²) in [6.07, 6.45) is -0.0859. The van der Waals surface area contributed by atoms with E-state index in [-0.39, 0.29) is 29.2 Å². The number of hydrogen-bond acceptors (Lipinski definition) is 5. The van der Waals surface area contributed by atoms with E-state index < -0.39 is 0 Å². The second-order valence-corrected chi connectivity index (χ2v) is 4.75. The van der Waals surface area contributed by atoms with E-state index in [1.807, 2.05) is 13.8 Å². The van der Waals surface area contributed by atoms with Crippen LogP contribution in [0.1, 0.15) is 19.4 Å². The van der Waals surface area contributed by atoms with E-state index in [4.69, 9.17) is 16.3 Å². The van der Waals surface area contributed by atoms with Crippen LogP contribution in [0.15, 0.2) is 18.2 Å². The first-order chi connectivity index (χ1) is 9.45. The smallest absolute Gasteiger partial charge is 0.322 e. The Morgan fingerprint density at radius 3 is 2.70 bits per heavy atom. The molecule has 0 atom stereocenters. The van der Waals surface area contributed by atoms with Crippen molar-refractivity contribution in [2.24, 2.45) is 0 Å². The maximum atomic E-state index is 13.5. The molecule has 0 saturated carbocycles. The zero-order valence-corrected chi connectivity index (χ0v) is 12.1. The molecule has 0 radical (unpaired) electrons. The van der Waals surface area contributed by atoms with Gasteiger partial charge >= 0.3 is 6.01 Å². The maximum Gasteiger partial charge on any atom is 0.322 e. The Morgan fingerprint density at radius 2 is 2.00 bits per heavy atom. The Kier molecular flexibility index (Phi) is 4.34. The summed E-state index contributed by atoms with van der Waals surface area (Å²) >= 11 is 5.81. The Bertz CT molecular complexity index is 621. The predicted octanol–water partition coefficient (Wildman–Crippen LogP) is 3.50. The minimum absolute atomic E-state index is 0.00667. The van der Waals surface area contributed by atoms with E-state index in [0.717, 1.165) is 0 Å². The van der Waals surface area contributed by atoms with Gasteiger partial charge in [0.25, 0.3) is 0 Å². The van der Waals surface area contributed by atoms with Gasteiger partial charge in [-0.25, -0.2) is 4.39 Å². The molecule has 0 bridgehead atoms. The predicted molar refractivity (Wildman–Crippen MR) is 75.0 cm³/mol. The van der Waals surface area contributed by atoms with Gasteiger partial charge < -0.3 is 10.1 Å². The third-order valence-corrected chi connectivity index (χ3v) is 2.61. The number of nitrogens with zero attached hydrogens (tertiary/aromatic N) is 3. The largest absolute Gasteiger partial charge is 0.461 e. The molecule has 0 aliphatic rings. The van der Waals surface area contributed by atoms with Crippen LogP contribution in [0.2, 0.25) is 5.28 Å². The van der Waals surface area contributed by atoms with E-state index in [9.17, 15) is 4.39 Å². The summed E-state index contributed by atoms with van der Waals surface area (Å²) in [4.78, 5) is 11.9. The van der Waals surface area contributed by atoms with Crippen molar-refractivity contribution < 1.29 is 9.13 Å². The van der Waals surface area contributed by atoms with Crippen LogP contribution in [-0.4, -0.2) is 21.1 Å². The Balaban J connectivity index is 2.29. The van der Waals surface area contributed by atoms with Crippen LogP contribution in [0, 0.1) is 12.7 Å². The maximum absolute atomic E-state index is 13.5. The van der Waals surface area contributed by atoms with Crippen LogP contribution in [0.25, 0.3) is 0 Å². The van der Waals surface area contributed by atoms with Gasteiger partial charge in [-0.3, -0.25) is 0 Å². The molecule has 0 amide bonds. The van der Waals surface area contributed by atoms with E-state index in [1.165, 1.54) is 6.07 Å². The van der Waals surface area contributed by atoms with Gasteiger partial charge in [-0.2, -0.15) is 15.0 Å². The fourth-order valence-electron chi connectivity index (χ4n) is 1.51. The minimum Gasteiger partial charge on any atom is -0.461 e. The van der Waals surface area contributed by atoms with Crippen LogP contribution in [0.4, 0.5) is 16.0 Å². The summed E-state index contributed by atoms with van der Waals surface area (Å²) in [6, 6.07) is 4.82. The molecule has 0 unspecified atom stereocenters. The molecule has 20 heavy (non-hydrogen) atoms. The van der Waals surface area contributed by atoms with Crippen molar-refractivity contribution in [3.8, 4) is 6.01 Å². The molecule has 2 rings (SSSR count). The molecule has 1 aromatic heterocycles. The molecule has 1 N–H and O–H groups in total. The average Bonchev–Trinajstić information content (AvgIpc) is 2.33. The highest BCUT2D eigenvalue weighted by molar-refractivity contribution is 6.28. The van der Waals surface area contributed by atoms with Crippen molar-refractivity contribution in [1.82, 2.24) is 15.0 Å². The zero-order chi connectivity index (χ0) is 14.7. The SMILES string of the molecule is Cc1c(F)cccc1Nc1nc(Cl)nc(OC(C)C)n1. The van der Waals surface area contributed by atoms with Gasteiger partial charge in [0.15, 0.2) is 0 Å². The van der Waals surface area contributed by atoms with E-state index in [2.05, 4.69) is 20.3 Å². The standard InChI is InChI=1S/C13H14ClFN4O/c1-7(2)20-13-18-11(14)17-12(19-13)16-10-6-4-5-9(15)8(10)3/h4-7H,1-3H3,(H,16,17,18,19). The summed E-state index contributed by atoms with van der Waals surface area (Å²) in [5.41, 5.74) is 1.03. The third kappa shape index (κ3) is 3.54. The van der Waals surface area contributed by atoms with Crippen LogP contribution < -0.4 is 10.1 Å². The molecular weight excluding hydrogens is 283 g/mol. The second kappa shape index (κ2) is 6.00. The number of benzene rings is 1. The van der Waals surface area contributed by atoms with Crippen molar-refractivity contribution in [1.29, 1.82) is 0 Å². The summed E-state index contributed by atoms with van der Waals surface area (Å²) in [5.74, 6) is -0.108. The molecule has 0 aliphatic carbocycles. The highest BCUT2D eigenvalue weighted by Crippen LogP contribution is 2.22. The lowest BCUT2D eigenvalue weighted by atomic mass is 10.2. The van der Waals surface area contributed by atoms with Crippen LogP contribution in [0.5, 0.6) is 6.01 Å². The number of hydrogen-bond donors (Lipinski definition) is 1. The topological polar surface area (TPSA) is 59.9 Å². The lowest BCUT2D eigenvalue weighted by Gasteiger charge is -2.11.